The van der Waals surface area contributed by atoms with E-state index in [2.05, 4.69) is 5.32 Å². The van der Waals surface area contributed by atoms with E-state index in [-0.39, 0.29) is 10.8 Å². The van der Waals surface area contributed by atoms with E-state index in [1.165, 1.54) is 6.07 Å². The zero-order chi connectivity index (χ0) is 15.8. The average molecular weight is 324 g/mol. The van der Waals surface area contributed by atoms with Gasteiger partial charge in [0.05, 0.1) is 18.2 Å². The lowest BCUT2D eigenvalue weighted by atomic mass is 10.1. The molecule has 0 saturated carbocycles. The first-order chi connectivity index (χ1) is 10.7. The van der Waals surface area contributed by atoms with Crippen LogP contribution in [0.15, 0.2) is 48.5 Å². The molecule has 22 heavy (non-hydrogen) atoms. The van der Waals surface area contributed by atoms with Gasteiger partial charge in [-0.1, -0.05) is 48.0 Å². The first kappa shape index (κ1) is 16.7. The Balaban J connectivity index is 2.12. The Labute approximate surface area is 135 Å². The lowest BCUT2D eigenvalue weighted by Gasteiger charge is -2.20. The van der Waals surface area contributed by atoms with Crippen molar-refractivity contribution in [2.45, 2.75) is 6.10 Å². The molecule has 0 fully saturated rings. The highest BCUT2D eigenvalue weighted by molar-refractivity contribution is 6.30. The van der Waals surface area contributed by atoms with Crippen LogP contribution in [0, 0.1) is 5.82 Å². The first-order valence-corrected chi connectivity index (χ1v) is 7.48. The Bertz CT molecular complexity index is 580. The van der Waals surface area contributed by atoms with Gasteiger partial charge in [0.15, 0.2) is 11.6 Å². The van der Waals surface area contributed by atoms with Gasteiger partial charge in [-0.3, -0.25) is 0 Å². The molecule has 0 saturated heterocycles. The lowest BCUT2D eigenvalue weighted by molar-refractivity contribution is 0.0494. The first-order valence-electron chi connectivity index (χ1n) is 7.10. The largest absolute Gasteiger partial charge is 0.480 e. The molecule has 0 radical (unpaired) electrons. The topological polar surface area (TPSA) is 30.5 Å². The smallest absolute Gasteiger partial charge is 0.183 e. The zero-order valence-electron chi connectivity index (χ0n) is 12.4. The van der Waals surface area contributed by atoms with E-state index in [9.17, 15) is 4.39 Å². The molecule has 2 aromatic rings. The van der Waals surface area contributed by atoms with Crippen molar-refractivity contribution < 1.29 is 13.9 Å². The van der Waals surface area contributed by atoms with E-state index in [1.54, 1.807) is 12.1 Å². The fourth-order valence-electron chi connectivity index (χ4n) is 1.96. The molecule has 1 atom stereocenters. The number of hydrogen-bond donors (Lipinski definition) is 1. The van der Waals surface area contributed by atoms with Gasteiger partial charge in [-0.2, -0.15) is 0 Å². The summed E-state index contributed by atoms with van der Waals surface area (Å²) in [4.78, 5) is 0. The molecule has 5 heteroatoms. The standard InChI is InChI=1S/C17H19ClFNO2/c1-20-10-11-21-12-16(13-6-3-2-4-7-13)22-15-9-5-8-14(18)17(15)19/h2-9,16,20H,10-12H2,1H3/t16-/m1/s1. The maximum absolute atomic E-state index is 14.0. The quantitative estimate of drug-likeness (QED) is 0.749. The van der Waals surface area contributed by atoms with Crippen LogP contribution in [-0.4, -0.2) is 26.8 Å². The van der Waals surface area contributed by atoms with Gasteiger partial charge in [-0.15, -0.1) is 0 Å². The van der Waals surface area contributed by atoms with Crippen molar-refractivity contribution in [3.8, 4) is 5.75 Å². The van der Waals surface area contributed by atoms with Gasteiger partial charge in [-0.05, 0) is 24.7 Å². The van der Waals surface area contributed by atoms with E-state index in [0.717, 1.165) is 12.1 Å². The van der Waals surface area contributed by atoms with Gasteiger partial charge < -0.3 is 14.8 Å². The van der Waals surface area contributed by atoms with E-state index >= 15 is 0 Å². The second-order valence-electron chi connectivity index (χ2n) is 4.75. The summed E-state index contributed by atoms with van der Waals surface area (Å²) >= 11 is 5.79. The Morgan fingerprint density at radius 1 is 1.14 bits per heavy atom. The zero-order valence-corrected chi connectivity index (χ0v) is 13.1. The number of benzene rings is 2. The minimum atomic E-state index is -0.555. The van der Waals surface area contributed by atoms with Gasteiger partial charge in [0.2, 0.25) is 0 Å². The molecule has 2 aromatic carbocycles. The number of hydrogen-bond acceptors (Lipinski definition) is 3. The highest BCUT2D eigenvalue weighted by Gasteiger charge is 2.17. The normalized spacial score (nSPS) is 12.1. The van der Waals surface area contributed by atoms with Gasteiger partial charge in [0, 0.05) is 6.54 Å². The van der Waals surface area contributed by atoms with E-state index in [4.69, 9.17) is 21.1 Å². The summed E-state index contributed by atoms with van der Waals surface area (Å²) < 4.78 is 25.4. The summed E-state index contributed by atoms with van der Waals surface area (Å²) in [6.45, 7) is 1.63. The molecule has 118 valence electrons. The van der Waals surface area contributed by atoms with Crippen LogP contribution < -0.4 is 10.1 Å². The van der Waals surface area contributed by atoms with Crippen molar-refractivity contribution in [3.63, 3.8) is 0 Å². The summed E-state index contributed by atoms with van der Waals surface area (Å²) in [5.41, 5.74) is 0.923. The summed E-state index contributed by atoms with van der Waals surface area (Å²) in [6, 6.07) is 14.3. The number of ether oxygens (including phenoxy) is 2. The predicted molar refractivity (Wildman–Crippen MR) is 86.0 cm³/mol. The third kappa shape index (κ3) is 4.70. The molecule has 0 amide bonds. The molecule has 2 rings (SSSR count). The van der Waals surface area contributed by atoms with Crippen LogP contribution in [0.4, 0.5) is 4.39 Å². The number of rotatable bonds is 8. The monoisotopic (exact) mass is 323 g/mol. The molecule has 0 aliphatic rings. The predicted octanol–water partition coefficient (Wildman–Crippen LogP) is 3.84. The van der Waals surface area contributed by atoms with Crippen LogP contribution in [-0.2, 0) is 4.74 Å². The Morgan fingerprint density at radius 2 is 1.91 bits per heavy atom. The summed E-state index contributed by atoms with van der Waals surface area (Å²) in [5, 5.41) is 3.05. The van der Waals surface area contributed by atoms with E-state index in [0.29, 0.717) is 13.2 Å². The SMILES string of the molecule is CNCCOC[C@@H](Oc1cccc(Cl)c1F)c1ccccc1. The van der Waals surface area contributed by atoms with Gasteiger partial charge in [0.25, 0.3) is 0 Å². The van der Waals surface area contributed by atoms with Gasteiger partial charge in [-0.25, -0.2) is 4.39 Å². The fraction of sp³-hybridized carbons (Fsp3) is 0.294. The molecule has 0 spiro atoms. The molecule has 3 nitrogen and oxygen atoms in total. The summed E-state index contributed by atoms with van der Waals surface area (Å²) in [7, 11) is 1.86. The van der Waals surface area contributed by atoms with Crippen LogP contribution in [0.3, 0.4) is 0 Å². The molecule has 0 bridgehead atoms. The van der Waals surface area contributed by atoms with Crippen LogP contribution >= 0.6 is 11.6 Å². The fourth-order valence-corrected chi connectivity index (χ4v) is 2.12. The minimum Gasteiger partial charge on any atom is -0.480 e. The minimum absolute atomic E-state index is 0.0420. The van der Waals surface area contributed by atoms with Crippen molar-refractivity contribution in [2.75, 3.05) is 26.8 Å². The number of likely N-dealkylation sites (N-methyl/N-ethyl adjacent to an activating group) is 1. The third-order valence-electron chi connectivity index (χ3n) is 3.12. The Kier molecular flexibility index (Phi) is 6.65. The molecule has 0 unspecified atom stereocenters. The lowest BCUT2D eigenvalue weighted by Crippen LogP contribution is -2.20. The molecule has 0 aliphatic carbocycles. The third-order valence-corrected chi connectivity index (χ3v) is 3.41. The van der Waals surface area contributed by atoms with Crippen molar-refractivity contribution in [3.05, 3.63) is 64.9 Å². The maximum atomic E-state index is 14.0. The van der Waals surface area contributed by atoms with Gasteiger partial charge >= 0.3 is 0 Å². The number of nitrogens with one attached hydrogen (secondary N) is 1. The molecular formula is C17H19ClFNO2. The molecule has 1 N–H and O–H groups in total. The van der Waals surface area contributed by atoms with Crippen LogP contribution in [0.25, 0.3) is 0 Å². The van der Waals surface area contributed by atoms with Crippen molar-refractivity contribution in [1.82, 2.24) is 5.32 Å². The van der Waals surface area contributed by atoms with Crippen LogP contribution in [0.2, 0.25) is 5.02 Å². The molecular weight excluding hydrogens is 305 g/mol. The van der Waals surface area contributed by atoms with Crippen LogP contribution in [0.1, 0.15) is 11.7 Å². The Hall–Kier alpha value is -1.62. The average Bonchev–Trinajstić information content (AvgIpc) is 2.55. The second-order valence-corrected chi connectivity index (χ2v) is 5.15. The van der Waals surface area contributed by atoms with Gasteiger partial charge in [0.1, 0.15) is 6.10 Å². The highest BCUT2D eigenvalue weighted by atomic mass is 35.5. The van der Waals surface area contributed by atoms with Crippen molar-refractivity contribution >= 4 is 11.6 Å². The molecule has 0 aromatic heterocycles. The highest BCUT2D eigenvalue weighted by Crippen LogP contribution is 2.28. The van der Waals surface area contributed by atoms with Crippen molar-refractivity contribution in [1.29, 1.82) is 0 Å². The summed E-state index contributed by atoms with van der Waals surface area (Å²) in [5.74, 6) is -0.432. The second kappa shape index (κ2) is 8.73. The summed E-state index contributed by atoms with van der Waals surface area (Å²) in [6.07, 6.45) is -0.397. The maximum Gasteiger partial charge on any atom is 0.183 e. The van der Waals surface area contributed by atoms with Crippen molar-refractivity contribution in [2.24, 2.45) is 0 Å². The van der Waals surface area contributed by atoms with Crippen LogP contribution in [0.5, 0.6) is 5.75 Å². The molecule has 0 heterocycles. The van der Waals surface area contributed by atoms with E-state index < -0.39 is 11.9 Å². The number of halogens is 2. The molecule has 0 aliphatic heterocycles. The Morgan fingerprint density at radius 3 is 2.64 bits per heavy atom. The van der Waals surface area contributed by atoms with E-state index in [1.807, 2.05) is 37.4 Å².